The molecular weight excluding hydrogens is 252 g/mol. The van der Waals surface area contributed by atoms with Crippen LogP contribution in [0.2, 0.25) is 0 Å². The average molecular weight is 301 g/mol. The molecule has 0 aromatic carbocycles. The standard InChI is InChI=1S/C8H18.C7H12.3C2H6/c1-5-8(4)6-7(2)3;1-5-7(4)6(2)3;3*1-2/h7-8H,5-6H2,1-4H3;5H,1H2,2-4H3;3*1-2H3. The summed E-state index contributed by atoms with van der Waals surface area (Å²) >= 11 is 0. The quantitative estimate of drug-likeness (QED) is 0.455. The Morgan fingerprint density at radius 3 is 1.24 bits per heavy atom. The Hall–Kier alpha value is -0.520. The lowest BCUT2D eigenvalue weighted by Crippen LogP contribution is -1.97. The van der Waals surface area contributed by atoms with Crippen molar-refractivity contribution in [1.82, 2.24) is 0 Å². The van der Waals surface area contributed by atoms with E-state index in [1.54, 1.807) is 0 Å². The van der Waals surface area contributed by atoms with Gasteiger partial charge in [-0.05, 0) is 39.0 Å². The molecule has 0 fully saturated rings. The predicted octanol–water partition coefficient (Wildman–Crippen LogP) is 8.69. The Morgan fingerprint density at radius 2 is 1.19 bits per heavy atom. The third kappa shape index (κ3) is 45.2. The third-order valence-corrected chi connectivity index (χ3v) is 2.67. The van der Waals surface area contributed by atoms with Gasteiger partial charge in [-0.15, -0.1) is 0 Å². The summed E-state index contributed by atoms with van der Waals surface area (Å²) < 4.78 is 0. The first-order valence-corrected chi connectivity index (χ1v) is 9.11. The van der Waals surface area contributed by atoms with Gasteiger partial charge in [0.15, 0.2) is 0 Å². The van der Waals surface area contributed by atoms with Crippen LogP contribution >= 0.6 is 0 Å². The van der Waals surface area contributed by atoms with Crippen LogP contribution in [0, 0.1) is 11.8 Å². The molecule has 0 heteroatoms. The molecule has 0 amide bonds. The summed E-state index contributed by atoms with van der Waals surface area (Å²) in [5.74, 6) is 1.81. The maximum Gasteiger partial charge on any atom is -0.0399 e. The van der Waals surface area contributed by atoms with Crippen molar-refractivity contribution in [1.29, 1.82) is 0 Å². The largest absolute Gasteiger partial charge is 0.0988 e. The Bertz CT molecular complexity index is 180. The molecule has 0 bridgehead atoms. The van der Waals surface area contributed by atoms with Crippen molar-refractivity contribution in [2.45, 2.75) is 103 Å². The average Bonchev–Trinajstić information content (AvgIpc) is 2.52. The second-order valence-corrected chi connectivity index (χ2v) is 5.03. The molecule has 0 aliphatic rings. The van der Waals surface area contributed by atoms with E-state index < -0.39 is 0 Å². The summed E-state index contributed by atoms with van der Waals surface area (Å²) in [6.07, 6.45) is 4.59. The normalized spacial score (nSPS) is 9.05. The zero-order valence-electron chi connectivity index (χ0n) is 17.9. The Balaban J connectivity index is -0.0000000600. The van der Waals surface area contributed by atoms with Crippen molar-refractivity contribution < 1.29 is 0 Å². The van der Waals surface area contributed by atoms with Crippen LogP contribution in [0.1, 0.15) is 103 Å². The fourth-order valence-electron chi connectivity index (χ4n) is 1.18. The molecule has 1 atom stereocenters. The predicted molar refractivity (Wildman–Crippen MR) is 107 cm³/mol. The number of hydrogen-bond donors (Lipinski definition) is 0. The minimum Gasteiger partial charge on any atom is -0.0988 e. The van der Waals surface area contributed by atoms with Crippen molar-refractivity contribution in [3.8, 4) is 0 Å². The third-order valence-electron chi connectivity index (χ3n) is 2.67. The summed E-state index contributed by atoms with van der Waals surface area (Å²) in [5, 5.41) is 0. The van der Waals surface area contributed by atoms with Crippen LogP contribution in [0.15, 0.2) is 23.8 Å². The van der Waals surface area contributed by atoms with Crippen molar-refractivity contribution in [3.63, 3.8) is 0 Å². The summed E-state index contributed by atoms with van der Waals surface area (Å²) in [4.78, 5) is 0. The Morgan fingerprint density at radius 1 is 0.857 bits per heavy atom. The Labute approximate surface area is 139 Å². The van der Waals surface area contributed by atoms with Crippen LogP contribution in [0.5, 0.6) is 0 Å². The van der Waals surface area contributed by atoms with E-state index in [0.717, 1.165) is 11.8 Å². The van der Waals surface area contributed by atoms with Crippen molar-refractivity contribution in [3.05, 3.63) is 23.8 Å². The van der Waals surface area contributed by atoms with Crippen molar-refractivity contribution >= 4 is 0 Å². The van der Waals surface area contributed by atoms with Crippen LogP contribution in [0.25, 0.3) is 0 Å². The lowest BCUT2D eigenvalue weighted by atomic mass is 9.97. The fraction of sp³-hybridized carbons (Fsp3) is 0.810. The number of allylic oxidation sites excluding steroid dienone is 3. The van der Waals surface area contributed by atoms with Gasteiger partial charge in [-0.1, -0.05) is 99.5 Å². The SMILES string of the molecule is C=CC(C)=C(C)C.CC.CC.CC.CCC(C)CC(C)C. The molecule has 1 unspecified atom stereocenters. The Kier molecular flexibility index (Phi) is 49.0. The second kappa shape index (κ2) is 31.7. The van der Waals surface area contributed by atoms with Gasteiger partial charge >= 0.3 is 0 Å². The van der Waals surface area contributed by atoms with E-state index in [0.29, 0.717) is 0 Å². The number of hydrogen-bond acceptors (Lipinski definition) is 0. The monoisotopic (exact) mass is 300 g/mol. The maximum atomic E-state index is 3.62. The molecule has 0 saturated carbocycles. The minimum atomic E-state index is 0.880. The summed E-state index contributed by atoms with van der Waals surface area (Å²) in [7, 11) is 0. The fourth-order valence-corrected chi connectivity index (χ4v) is 1.18. The highest BCUT2D eigenvalue weighted by molar-refractivity contribution is 5.18. The molecule has 0 heterocycles. The van der Waals surface area contributed by atoms with Gasteiger partial charge in [0.1, 0.15) is 0 Å². The summed E-state index contributed by atoms with van der Waals surface area (Å²) in [6, 6.07) is 0. The lowest BCUT2D eigenvalue weighted by molar-refractivity contribution is 0.429. The van der Waals surface area contributed by atoms with Gasteiger partial charge in [0.05, 0.1) is 0 Å². The molecule has 0 saturated heterocycles. The number of rotatable bonds is 4. The first-order chi connectivity index (χ1) is 9.84. The van der Waals surface area contributed by atoms with E-state index in [1.807, 2.05) is 47.6 Å². The van der Waals surface area contributed by atoms with Crippen LogP contribution in [-0.4, -0.2) is 0 Å². The molecule has 0 aliphatic heterocycles. The van der Waals surface area contributed by atoms with E-state index in [9.17, 15) is 0 Å². The van der Waals surface area contributed by atoms with E-state index >= 15 is 0 Å². The van der Waals surface area contributed by atoms with E-state index in [2.05, 4.69) is 55.0 Å². The van der Waals surface area contributed by atoms with Crippen molar-refractivity contribution in [2.75, 3.05) is 0 Å². The highest BCUT2D eigenvalue weighted by atomic mass is 14.1. The van der Waals surface area contributed by atoms with Gasteiger partial charge in [0, 0.05) is 0 Å². The molecule has 0 aromatic heterocycles. The van der Waals surface area contributed by atoms with E-state index in [1.165, 1.54) is 24.0 Å². The van der Waals surface area contributed by atoms with E-state index in [4.69, 9.17) is 0 Å². The molecule has 21 heavy (non-hydrogen) atoms. The molecule has 0 radical (unpaired) electrons. The molecule has 0 spiro atoms. The zero-order chi connectivity index (χ0) is 18.4. The molecule has 0 N–H and O–H groups in total. The van der Waals surface area contributed by atoms with Crippen LogP contribution in [0.4, 0.5) is 0 Å². The van der Waals surface area contributed by atoms with Gasteiger partial charge in [-0.2, -0.15) is 0 Å². The molecule has 0 aromatic rings. The first kappa shape index (κ1) is 32.4. The van der Waals surface area contributed by atoms with Gasteiger partial charge in [0.2, 0.25) is 0 Å². The van der Waals surface area contributed by atoms with Crippen LogP contribution in [-0.2, 0) is 0 Å². The molecule has 0 rings (SSSR count). The molecule has 132 valence electrons. The smallest absolute Gasteiger partial charge is 0.0399 e. The highest BCUT2D eigenvalue weighted by Crippen LogP contribution is 2.12. The minimum absolute atomic E-state index is 0.880. The van der Waals surface area contributed by atoms with Gasteiger partial charge in [-0.25, -0.2) is 0 Å². The van der Waals surface area contributed by atoms with Gasteiger partial charge in [0.25, 0.3) is 0 Å². The van der Waals surface area contributed by atoms with Gasteiger partial charge < -0.3 is 0 Å². The lowest BCUT2D eigenvalue weighted by Gasteiger charge is -2.09. The maximum absolute atomic E-state index is 3.62. The van der Waals surface area contributed by atoms with Crippen LogP contribution < -0.4 is 0 Å². The summed E-state index contributed by atoms with van der Waals surface area (Å²) in [5.41, 5.74) is 2.62. The van der Waals surface area contributed by atoms with Crippen LogP contribution in [0.3, 0.4) is 0 Å². The second-order valence-electron chi connectivity index (χ2n) is 5.03. The van der Waals surface area contributed by atoms with Crippen molar-refractivity contribution in [2.24, 2.45) is 11.8 Å². The summed E-state index contributed by atoms with van der Waals surface area (Å²) in [6.45, 7) is 31.0. The molecular formula is C21H48. The molecule has 0 aliphatic carbocycles. The first-order valence-electron chi connectivity index (χ1n) is 9.11. The highest BCUT2D eigenvalue weighted by Gasteiger charge is 2.00. The zero-order valence-corrected chi connectivity index (χ0v) is 17.9. The van der Waals surface area contributed by atoms with E-state index in [-0.39, 0.29) is 0 Å². The van der Waals surface area contributed by atoms with Gasteiger partial charge in [-0.3, -0.25) is 0 Å². The molecule has 0 nitrogen and oxygen atoms in total. The topological polar surface area (TPSA) is 0 Å².